The summed E-state index contributed by atoms with van der Waals surface area (Å²) in [5, 5.41) is 9.20. The number of nitrogens with zero attached hydrogens (tertiary/aromatic N) is 2. The predicted octanol–water partition coefficient (Wildman–Crippen LogP) is 4.42. The van der Waals surface area contributed by atoms with E-state index in [1.165, 1.54) is 17.4 Å². The Morgan fingerprint density at radius 1 is 0.900 bits per heavy atom. The largest absolute Gasteiger partial charge is 0.284 e. The van der Waals surface area contributed by atoms with Gasteiger partial charge in [-0.2, -0.15) is 5.26 Å². The topological polar surface area (TPSA) is 61.2 Å². The molecule has 0 bridgehead atoms. The van der Waals surface area contributed by atoms with E-state index in [9.17, 15) is 13.7 Å². The molecule has 0 N–H and O–H groups in total. The maximum Gasteiger partial charge on any atom is 0.176 e. The van der Waals surface area contributed by atoms with Crippen molar-refractivity contribution < 1.29 is 8.42 Å². The Hall–Kier alpha value is -3.20. The van der Waals surface area contributed by atoms with Gasteiger partial charge in [0.1, 0.15) is 0 Å². The normalized spacial score (nSPS) is 14.2. The summed E-state index contributed by atoms with van der Waals surface area (Å²) in [4.78, 5) is 2.62. The van der Waals surface area contributed by atoms with Gasteiger partial charge in [-0.25, -0.2) is 8.42 Å². The Morgan fingerprint density at radius 3 is 1.97 bits per heavy atom. The second-order valence-corrected chi connectivity index (χ2v) is 9.48. The number of hydrogen-bond donors (Lipinski definition) is 0. The molecule has 1 heterocycles. The molecule has 0 aromatic heterocycles. The number of nitriles is 1. The van der Waals surface area contributed by atoms with E-state index < -0.39 is 9.84 Å². The van der Waals surface area contributed by atoms with E-state index in [2.05, 4.69) is 35.2 Å². The van der Waals surface area contributed by atoms with Crippen LogP contribution in [0.25, 0.3) is 4.91 Å². The molecule has 4 nitrogen and oxygen atoms in total. The van der Waals surface area contributed by atoms with Gasteiger partial charge in [-0.3, -0.25) is 4.90 Å². The monoisotopic (exact) mass is 414 g/mol. The minimum absolute atomic E-state index is 0.0578. The molecule has 30 heavy (non-hydrogen) atoms. The molecule has 0 aliphatic carbocycles. The van der Waals surface area contributed by atoms with Crippen LogP contribution in [0, 0.1) is 11.3 Å². The summed E-state index contributed by atoms with van der Waals surface area (Å²) in [5.74, 6) is 0. The molecule has 3 aromatic rings. The zero-order valence-electron chi connectivity index (χ0n) is 16.7. The van der Waals surface area contributed by atoms with Gasteiger partial charge in [0, 0.05) is 19.3 Å². The fourth-order valence-corrected chi connectivity index (χ4v) is 5.27. The molecule has 0 radical (unpaired) electrons. The van der Waals surface area contributed by atoms with Crippen LogP contribution >= 0.6 is 0 Å². The van der Waals surface area contributed by atoms with Crippen LogP contribution in [0.15, 0.2) is 90.5 Å². The molecule has 1 fully saturated rings. The summed E-state index contributed by atoms with van der Waals surface area (Å²) >= 11 is 0. The lowest BCUT2D eigenvalue weighted by Gasteiger charge is -2.42. The van der Waals surface area contributed by atoms with Gasteiger partial charge in [0.2, 0.25) is 0 Å². The van der Waals surface area contributed by atoms with E-state index in [0.29, 0.717) is 29.1 Å². The van der Waals surface area contributed by atoms with Gasteiger partial charge in [-0.15, -0.1) is 0 Å². The average molecular weight is 415 g/mol. The van der Waals surface area contributed by atoms with Crippen molar-refractivity contribution in [2.75, 3.05) is 19.3 Å². The Balaban J connectivity index is 1.72. The number of hydrogen-bond acceptors (Lipinski definition) is 4. The van der Waals surface area contributed by atoms with Gasteiger partial charge in [0.25, 0.3) is 0 Å². The van der Waals surface area contributed by atoms with Crippen LogP contribution in [-0.2, 0) is 9.84 Å². The lowest BCUT2D eigenvalue weighted by Crippen LogP contribution is -2.44. The van der Waals surface area contributed by atoms with Crippen molar-refractivity contribution in [1.82, 2.24) is 4.90 Å². The average Bonchev–Trinajstić information content (AvgIpc) is 2.73. The molecule has 4 rings (SSSR count). The second kappa shape index (κ2) is 8.27. The van der Waals surface area contributed by atoms with E-state index in [-0.39, 0.29) is 6.04 Å². The van der Waals surface area contributed by atoms with Gasteiger partial charge in [0.05, 0.1) is 22.6 Å². The summed E-state index contributed by atoms with van der Waals surface area (Å²) in [6.45, 7) is 1.13. The van der Waals surface area contributed by atoms with Crippen molar-refractivity contribution in [1.29, 1.82) is 5.26 Å². The molecule has 1 aliphatic rings. The van der Waals surface area contributed by atoms with E-state index in [4.69, 9.17) is 0 Å². The number of likely N-dealkylation sites (tertiary alicyclic amines) is 1. The van der Waals surface area contributed by atoms with Crippen molar-refractivity contribution >= 4 is 14.7 Å². The number of sulfone groups is 1. The predicted molar refractivity (Wildman–Crippen MR) is 119 cm³/mol. The van der Waals surface area contributed by atoms with E-state index >= 15 is 0 Å². The zero-order valence-corrected chi connectivity index (χ0v) is 17.5. The highest BCUT2D eigenvalue weighted by Gasteiger charge is 2.34. The van der Waals surface area contributed by atoms with Gasteiger partial charge < -0.3 is 0 Å². The smallest absolute Gasteiger partial charge is 0.176 e. The first-order valence-electron chi connectivity index (χ1n) is 9.74. The highest BCUT2D eigenvalue weighted by molar-refractivity contribution is 8.00. The lowest BCUT2D eigenvalue weighted by molar-refractivity contribution is 0.203. The molecule has 0 saturated carbocycles. The fourth-order valence-electron chi connectivity index (χ4n) is 4.07. The first-order chi connectivity index (χ1) is 14.5. The van der Waals surface area contributed by atoms with Crippen LogP contribution in [0.2, 0.25) is 0 Å². The summed E-state index contributed by atoms with van der Waals surface area (Å²) in [7, 11) is -3.44. The first-order valence-corrected chi connectivity index (χ1v) is 11.6. The number of benzene rings is 3. The van der Waals surface area contributed by atoms with Crippen LogP contribution < -0.4 is 0 Å². The maximum atomic E-state index is 12.6. The van der Waals surface area contributed by atoms with Crippen LogP contribution in [0.1, 0.15) is 28.3 Å². The maximum absolute atomic E-state index is 12.6. The Kier molecular flexibility index (Phi) is 5.54. The summed E-state index contributed by atoms with van der Waals surface area (Å²) in [5.41, 5.74) is 4.27. The summed E-state index contributed by atoms with van der Waals surface area (Å²) in [6.07, 6.45) is 1.24. The van der Waals surface area contributed by atoms with Gasteiger partial charge in [0.15, 0.2) is 9.84 Å². The Bertz CT molecular complexity index is 1180. The second-order valence-electron chi connectivity index (χ2n) is 7.53. The van der Waals surface area contributed by atoms with Crippen LogP contribution in [0.3, 0.4) is 0 Å². The molecule has 1 aliphatic heterocycles. The molecule has 150 valence electrons. The quantitative estimate of drug-likeness (QED) is 0.620. The number of rotatable bonds is 5. The lowest BCUT2D eigenvalue weighted by atomic mass is 9.92. The van der Waals surface area contributed by atoms with Gasteiger partial charge in [-0.1, -0.05) is 72.8 Å². The molecule has 3 aromatic carbocycles. The van der Waals surface area contributed by atoms with E-state index in [1.54, 1.807) is 24.3 Å². The van der Waals surface area contributed by atoms with E-state index in [0.717, 1.165) is 5.57 Å². The minimum atomic E-state index is -3.44. The molecule has 5 heteroatoms. The van der Waals surface area contributed by atoms with Crippen LogP contribution in [-0.4, -0.2) is 32.7 Å². The molecule has 0 atom stereocenters. The van der Waals surface area contributed by atoms with Crippen molar-refractivity contribution in [2.45, 2.75) is 6.04 Å². The highest BCUT2D eigenvalue weighted by atomic mass is 32.2. The summed E-state index contributed by atoms with van der Waals surface area (Å²) in [6, 6.07) is 29.5. The van der Waals surface area contributed by atoms with E-state index in [1.807, 2.05) is 36.4 Å². The van der Waals surface area contributed by atoms with Crippen molar-refractivity contribution in [3.63, 3.8) is 0 Å². The van der Waals surface area contributed by atoms with Gasteiger partial charge >= 0.3 is 0 Å². The third-order valence-electron chi connectivity index (χ3n) is 5.33. The van der Waals surface area contributed by atoms with Crippen LogP contribution in [0.5, 0.6) is 0 Å². The molecule has 0 spiro atoms. The first kappa shape index (κ1) is 20.1. The van der Waals surface area contributed by atoms with Crippen LogP contribution in [0.4, 0.5) is 0 Å². The van der Waals surface area contributed by atoms with Crippen molar-refractivity contribution in [3.8, 4) is 6.07 Å². The molecule has 1 saturated heterocycles. The molecule has 0 unspecified atom stereocenters. The SMILES string of the molecule is CS(=O)(=O)C(=C1CN(C(c2ccccc2)c2ccccc2)C1)c1cccc(C#N)c1. The minimum Gasteiger partial charge on any atom is -0.284 e. The summed E-state index contributed by atoms with van der Waals surface area (Å²) < 4.78 is 25.2. The zero-order chi connectivity index (χ0) is 21.1. The Morgan fingerprint density at radius 2 is 1.47 bits per heavy atom. The third-order valence-corrected chi connectivity index (χ3v) is 6.60. The molecular formula is C25H22N2O2S. The van der Waals surface area contributed by atoms with Gasteiger partial charge in [-0.05, 0) is 34.4 Å². The van der Waals surface area contributed by atoms with Crippen molar-refractivity contribution in [3.05, 3.63) is 113 Å². The standard InChI is InChI=1S/C25H22N2O2S/c1-30(28,29)25(22-14-8-9-19(15-22)16-26)23-17-27(18-23)24(20-10-4-2-5-11-20)21-12-6-3-7-13-21/h2-15,24H,17-18H2,1H3. The third kappa shape index (κ3) is 4.06. The highest BCUT2D eigenvalue weighted by Crippen LogP contribution is 2.38. The molecular weight excluding hydrogens is 392 g/mol. The fraction of sp³-hybridized carbons (Fsp3) is 0.160. The molecule has 0 amide bonds. The Labute approximate surface area is 177 Å². The van der Waals surface area contributed by atoms with Crippen molar-refractivity contribution in [2.24, 2.45) is 0 Å².